The first kappa shape index (κ1) is 19.7. The number of benzene rings is 2. The number of nitrogens with one attached hydrogen (secondary N) is 2. The maximum atomic E-state index is 12.9. The lowest BCUT2D eigenvalue weighted by atomic mass is 10.1. The highest BCUT2D eigenvalue weighted by Crippen LogP contribution is 2.25. The number of carbonyl (C=O) groups excluding carboxylic acids is 2. The topological polar surface area (TPSA) is 87.2 Å². The number of para-hydroxylation sites is 2. The summed E-state index contributed by atoms with van der Waals surface area (Å²) >= 11 is 0. The molecular formula is C23H24N4O3. The lowest BCUT2D eigenvalue weighted by molar-refractivity contribution is -0.128. The molecule has 2 N–H and O–H groups in total. The first-order chi connectivity index (χ1) is 14.4. The van der Waals surface area contributed by atoms with E-state index in [0.717, 1.165) is 11.3 Å². The molecule has 154 valence electrons. The molecule has 2 heterocycles. The zero-order valence-corrected chi connectivity index (χ0v) is 17.0. The number of hydrogen-bond donors (Lipinski definition) is 2. The highest BCUT2D eigenvalue weighted by atomic mass is 16.2. The van der Waals surface area contributed by atoms with Crippen molar-refractivity contribution in [2.24, 2.45) is 5.92 Å². The number of hydrogen-bond acceptors (Lipinski definition) is 3. The summed E-state index contributed by atoms with van der Waals surface area (Å²) in [6.45, 7) is 4.71. The van der Waals surface area contributed by atoms with Gasteiger partial charge in [-0.15, -0.1) is 0 Å². The molecule has 7 nitrogen and oxygen atoms in total. The third-order valence-electron chi connectivity index (χ3n) is 5.44. The van der Waals surface area contributed by atoms with Gasteiger partial charge in [0.15, 0.2) is 0 Å². The van der Waals surface area contributed by atoms with E-state index < -0.39 is 5.92 Å². The van der Waals surface area contributed by atoms with Crippen LogP contribution in [0.5, 0.6) is 0 Å². The van der Waals surface area contributed by atoms with E-state index in [1.807, 2.05) is 44.2 Å². The van der Waals surface area contributed by atoms with Crippen LogP contribution in [-0.4, -0.2) is 32.8 Å². The van der Waals surface area contributed by atoms with Gasteiger partial charge < -0.3 is 15.2 Å². The van der Waals surface area contributed by atoms with E-state index in [4.69, 9.17) is 0 Å². The number of likely N-dealkylation sites (tertiary alicyclic amines) is 1. The number of H-pyrrole nitrogens is 1. The molecule has 1 aliphatic heterocycles. The minimum atomic E-state index is -0.431. The second-order valence-corrected chi connectivity index (χ2v) is 7.74. The summed E-state index contributed by atoms with van der Waals surface area (Å²) < 4.78 is 1.51. The van der Waals surface area contributed by atoms with Gasteiger partial charge in [-0.2, -0.15) is 0 Å². The van der Waals surface area contributed by atoms with Crippen molar-refractivity contribution in [1.82, 2.24) is 14.5 Å². The number of nitrogens with zero attached hydrogens (tertiary/aromatic N) is 2. The van der Waals surface area contributed by atoms with Gasteiger partial charge in [0, 0.05) is 31.4 Å². The molecular weight excluding hydrogens is 380 g/mol. The van der Waals surface area contributed by atoms with Crippen LogP contribution in [0.1, 0.15) is 23.2 Å². The van der Waals surface area contributed by atoms with E-state index in [1.165, 1.54) is 10.1 Å². The van der Waals surface area contributed by atoms with Gasteiger partial charge in [-0.3, -0.25) is 14.2 Å². The van der Waals surface area contributed by atoms with Gasteiger partial charge >= 0.3 is 5.69 Å². The normalized spacial score (nSPS) is 16.1. The molecule has 30 heavy (non-hydrogen) atoms. The standard InChI is InChI=1S/C23H24N4O3/c1-15-7-9-17(10-8-15)13-26-14-18(11-21(26)28)22(29)25-19-5-3-4-6-20(19)27-16(2)12-24-23(27)30/h3-10,12,18H,11,13-14H2,1-2H3,(H,24,30)(H,25,29). The van der Waals surface area contributed by atoms with E-state index >= 15 is 0 Å². The van der Waals surface area contributed by atoms with Crippen molar-refractivity contribution in [3.8, 4) is 5.69 Å². The molecule has 0 saturated carbocycles. The van der Waals surface area contributed by atoms with E-state index in [2.05, 4.69) is 10.3 Å². The maximum Gasteiger partial charge on any atom is 0.330 e. The average Bonchev–Trinajstić information content (AvgIpc) is 3.26. The quantitative estimate of drug-likeness (QED) is 0.686. The fourth-order valence-corrected chi connectivity index (χ4v) is 3.78. The molecule has 2 amide bonds. The number of aromatic amines is 1. The van der Waals surface area contributed by atoms with Crippen molar-refractivity contribution in [1.29, 1.82) is 0 Å². The Balaban J connectivity index is 1.48. The Kier molecular flexibility index (Phi) is 5.27. The van der Waals surface area contributed by atoms with E-state index in [-0.39, 0.29) is 23.9 Å². The summed E-state index contributed by atoms with van der Waals surface area (Å²) in [5.74, 6) is -0.676. The van der Waals surface area contributed by atoms with Gasteiger partial charge in [-0.05, 0) is 31.5 Å². The Labute approximate surface area is 174 Å². The Morgan fingerprint density at radius 3 is 2.53 bits per heavy atom. The van der Waals surface area contributed by atoms with Crippen molar-refractivity contribution < 1.29 is 9.59 Å². The predicted molar refractivity (Wildman–Crippen MR) is 114 cm³/mol. The number of rotatable bonds is 5. The number of anilines is 1. The van der Waals surface area contributed by atoms with Crippen LogP contribution < -0.4 is 11.0 Å². The second kappa shape index (κ2) is 8.02. The summed E-state index contributed by atoms with van der Waals surface area (Å²) in [5, 5.41) is 2.92. The summed E-state index contributed by atoms with van der Waals surface area (Å²) in [5.41, 5.74) is 3.81. The Morgan fingerprint density at radius 2 is 1.83 bits per heavy atom. The first-order valence-corrected chi connectivity index (χ1v) is 9.93. The third kappa shape index (κ3) is 3.91. The van der Waals surface area contributed by atoms with Gasteiger partial charge in [-0.1, -0.05) is 42.0 Å². The molecule has 1 unspecified atom stereocenters. The molecule has 7 heteroatoms. The van der Waals surface area contributed by atoms with E-state index in [0.29, 0.717) is 24.5 Å². The highest BCUT2D eigenvalue weighted by molar-refractivity contribution is 5.98. The van der Waals surface area contributed by atoms with E-state index in [1.54, 1.807) is 29.3 Å². The summed E-state index contributed by atoms with van der Waals surface area (Å²) in [4.78, 5) is 41.9. The lowest BCUT2D eigenvalue weighted by Crippen LogP contribution is -2.28. The smallest absolute Gasteiger partial charge is 0.330 e. The molecule has 4 rings (SSSR count). The first-order valence-electron chi connectivity index (χ1n) is 9.93. The number of amides is 2. The van der Waals surface area contributed by atoms with Crippen LogP contribution in [0, 0.1) is 19.8 Å². The molecule has 0 spiro atoms. The Morgan fingerprint density at radius 1 is 1.10 bits per heavy atom. The van der Waals surface area contributed by atoms with E-state index in [9.17, 15) is 14.4 Å². The maximum absolute atomic E-state index is 12.9. The zero-order chi connectivity index (χ0) is 21.3. The average molecular weight is 404 g/mol. The van der Waals surface area contributed by atoms with Crippen molar-refractivity contribution in [3.05, 3.63) is 82.0 Å². The van der Waals surface area contributed by atoms with Crippen molar-refractivity contribution in [2.75, 3.05) is 11.9 Å². The van der Waals surface area contributed by atoms with Crippen LogP contribution >= 0.6 is 0 Å². The van der Waals surface area contributed by atoms with Crippen LogP contribution in [0.4, 0.5) is 5.69 Å². The van der Waals surface area contributed by atoms with Gasteiger partial charge in [0.25, 0.3) is 0 Å². The molecule has 1 aromatic heterocycles. The number of aryl methyl sites for hydroxylation is 2. The van der Waals surface area contributed by atoms with Crippen LogP contribution in [0.15, 0.2) is 59.5 Å². The molecule has 3 aromatic rings. The summed E-state index contributed by atoms with van der Waals surface area (Å²) in [6.07, 6.45) is 1.81. The molecule has 1 fully saturated rings. The number of carbonyl (C=O) groups is 2. The Hall–Kier alpha value is -3.61. The van der Waals surface area contributed by atoms with Gasteiger partial charge in [0.1, 0.15) is 0 Å². The van der Waals surface area contributed by atoms with Gasteiger partial charge in [0.05, 0.1) is 17.3 Å². The fourth-order valence-electron chi connectivity index (χ4n) is 3.78. The van der Waals surface area contributed by atoms with Gasteiger partial charge in [0.2, 0.25) is 11.8 Å². The SMILES string of the molecule is Cc1ccc(CN2CC(C(=O)Nc3ccccc3-n3c(C)c[nH]c3=O)CC2=O)cc1. The zero-order valence-electron chi connectivity index (χ0n) is 17.0. The highest BCUT2D eigenvalue weighted by Gasteiger charge is 2.34. The molecule has 0 bridgehead atoms. The van der Waals surface area contributed by atoms with Crippen molar-refractivity contribution >= 4 is 17.5 Å². The Bertz CT molecular complexity index is 1140. The molecule has 0 radical (unpaired) electrons. The molecule has 1 saturated heterocycles. The van der Waals surface area contributed by atoms with Gasteiger partial charge in [-0.25, -0.2) is 4.79 Å². The van der Waals surface area contributed by atoms with Crippen LogP contribution in [0.3, 0.4) is 0 Å². The molecule has 2 aromatic carbocycles. The predicted octanol–water partition coefficient (Wildman–Crippen LogP) is 2.77. The summed E-state index contributed by atoms with van der Waals surface area (Å²) in [6, 6.07) is 15.2. The van der Waals surface area contributed by atoms with Crippen molar-refractivity contribution in [3.63, 3.8) is 0 Å². The third-order valence-corrected chi connectivity index (χ3v) is 5.44. The largest absolute Gasteiger partial charge is 0.338 e. The van der Waals surface area contributed by atoms with Crippen molar-refractivity contribution in [2.45, 2.75) is 26.8 Å². The van der Waals surface area contributed by atoms with Crippen LogP contribution in [0.25, 0.3) is 5.69 Å². The second-order valence-electron chi connectivity index (χ2n) is 7.74. The minimum absolute atomic E-state index is 0.0262. The summed E-state index contributed by atoms with van der Waals surface area (Å²) in [7, 11) is 0. The molecule has 1 atom stereocenters. The number of aromatic nitrogens is 2. The lowest BCUT2D eigenvalue weighted by Gasteiger charge is -2.17. The monoisotopic (exact) mass is 404 g/mol. The van der Waals surface area contributed by atoms with Crippen LogP contribution in [0.2, 0.25) is 0 Å². The minimum Gasteiger partial charge on any atom is -0.338 e. The molecule has 1 aliphatic rings. The fraction of sp³-hybridized carbons (Fsp3) is 0.261. The molecule has 0 aliphatic carbocycles. The van der Waals surface area contributed by atoms with Crippen LogP contribution in [-0.2, 0) is 16.1 Å². The number of imidazole rings is 1.